The third-order valence-corrected chi connectivity index (χ3v) is 1.23. The summed E-state index contributed by atoms with van der Waals surface area (Å²) in [5.41, 5.74) is 4.86. The second-order valence-electron chi connectivity index (χ2n) is 2.52. The summed E-state index contributed by atoms with van der Waals surface area (Å²) in [6.07, 6.45) is -3.84. The van der Waals surface area contributed by atoms with Gasteiger partial charge in [-0.3, -0.25) is 4.79 Å². The first-order valence-corrected chi connectivity index (χ1v) is 3.49. The Morgan fingerprint density at radius 2 is 2.00 bits per heavy atom. The summed E-state index contributed by atoms with van der Waals surface area (Å²) >= 11 is 0. The van der Waals surface area contributed by atoms with Crippen LogP contribution in [0.25, 0.3) is 0 Å². The van der Waals surface area contributed by atoms with Gasteiger partial charge in [-0.2, -0.15) is 8.78 Å². The van der Waals surface area contributed by atoms with E-state index in [1.165, 1.54) is 0 Å². The number of halogens is 4. The van der Waals surface area contributed by atoms with Crippen LogP contribution in [0.15, 0.2) is 0 Å². The van der Waals surface area contributed by atoms with Crippen molar-refractivity contribution < 1.29 is 32.2 Å². The summed E-state index contributed by atoms with van der Waals surface area (Å²) < 4.78 is 51.4. The molecule has 0 aromatic rings. The number of alkyl halides is 4. The number of aliphatic carboxylic acids is 1. The first kappa shape index (κ1) is 13.1. The molecular formula is C6H9F4NO3. The average molecular weight is 219 g/mol. The summed E-state index contributed by atoms with van der Waals surface area (Å²) in [6.45, 7) is -2.29. The van der Waals surface area contributed by atoms with Crippen LogP contribution in [0.3, 0.4) is 0 Å². The lowest BCUT2D eigenvalue weighted by atomic mass is 10.3. The first-order valence-electron chi connectivity index (χ1n) is 3.49. The number of hydrogen-bond acceptors (Lipinski definition) is 3. The second kappa shape index (κ2) is 5.11. The normalized spacial score (nSPS) is 14.4. The Balaban J connectivity index is 3.79. The van der Waals surface area contributed by atoms with Crippen molar-refractivity contribution in [3.8, 4) is 0 Å². The zero-order valence-electron chi connectivity index (χ0n) is 6.92. The highest BCUT2D eigenvalue weighted by molar-refractivity contribution is 5.73. The molecule has 0 amide bonds. The molecule has 3 N–H and O–H groups in total. The van der Waals surface area contributed by atoms with E-state index >= 15 is 0 Å². The van der Waals surface area contributed by atoms with E-state index in [0.717, 1.165) is 0 Å². The lowest BCUT2D eigenvalue weighted by molar-refractivity contribution is -0.168. The Hall–Kier alpha value is -0.890. The zero-order chi connectivity index (χ0) is 11.4. The highest BCUT2D eigenvalue weighted by Crippen LogP contribution is 2.22. The van der Waals surface area contributed by atoms with Crippen molar-refractivity contribution in [2.24, 2.45) is 5.73 Å². The maximum atomic E-state index is 12.1. The molecule has 1 unspecified atom stereocenters. The molecule has 14 heavy (non-hydrogen) atoms. The molecule has 1 atom stereocenters. The number of nitrogens with two attached hydrogens (primary N) is 1. The fourth-order valence-electron chi connectivity index (χ4n) is 0.456. The van der Waals surface area contributed by atoms with E-state index in [4.69, 9.17) is 10.8 Å². The summed E-state index contributed by atoms with van der Waals surface area (Å²) in [6, 6.07) is -1.50. The van der Waals surface area contributed by atoms with Crippen molar-refractivity contribution in [2.75, 3.05) is 13.2 Å². The van der Waals surface area contributed by atoms with Crippen LogP contribution in [0.5, 0.6) is 0 Å². The van der Waals surface area contributed by atoms with Crippen molar-refractivity contribution in [3.63, 3.8) is 0 Å². The van der Waals surface area contributed by atoms with Crippen LogP contribution >= 0.6 is 0 Å². The Morgan fingerprint density at radius 1 is 1.50 bits per heavy atom. The van der Waals surface area contributed by atoms with Crippen LogP contribution in [0.4, 0.5) is 17.6 Å². The maximum Gasteiger partial charge on any atom is 0.330 e. The lowest BCUT2D eigenvalue weighted by Gasteiger charge is -2.15. The Morgan fingerprint density at radius 3 is 2.36 bits per heavy atom. The summed E-state index contributed by atoms with van der Waals surface area (Å²) in [5, 5.41) is 8.18. The number of carbonyl (C=O) groups is 1. The van der Waals surface area contributed by atoms with E-state index < -0.39 is 37.6 Å². The third-order valence-electron chi connectivity index (χ3n) is 1.23. The van der Waals surface area contributed by atoms with Crippen molar-refractivity contribution in [1.82, 2.24) is 0 Å². The van der Waals surface area contributed by atoms with Gasteiger partial charge in [0.1, 0.15) is 12.6 Å². The molecule has 0 fully saturated rings. The Kier molecular flexibility index (Phi) is 4.78. The van der Waals surface area contributed by atoms with Crippen LogP contribution < -0.4 is 5.73 Å². The van der Waals surface area contributed by atoms with E-state index in [1.54, 1.807) is 0 Å². The molecule has 8 heteroatoms. The molecule has 0 rings (SSSR count). The van der Waals surface area contributed by atoms with Gasteiger partial charge in [0.15, 0.2) is 0 Å². The molecule has 0 aliphatic rings. The standard InChI is InChI=1S/C6H9F4NO3/c7-5(8)6(9,10)2-14-1-3(11)4(12)13/h3,5H,1-2,11H2,(H,12,13). The monoisotopic (exact) mass is 219 g/mol. The summed E-state index contributed by atoms with van der Waals surface area (Å²) in [7, 11) is 0. The molecular weight excluding hydrogens is 210 g/mol. The molecule has 0 saturated carbocycles. The number of hydrogen-bond donors (Lipinski definition) is 2. The number of carboxylic acid groups (broad SMARTS) is 1. The van der Waals surface area contributed by atoms with Gasteiger partial charge in [-0.15, -0.1) is 0 Å². The Bertz CT molecular complexity index is 200. The highest BCUT2D eigenvalue weighted by atomic mass is 19.3. The first-order chi connectivity index (χ1) is 6.27. The van der Waals surface area contributed by atoms with E-state index in [2.05, 4.69) is 4.74 Å². The van der Waals surface area contributed by atoms with Gasteiger partial charge in [-0.05, 0) is 0 Å². The number of rotatable bonds is 6. The quantitative estimate of drug-likeness (QED) is 0.631. The summed E-state index contributed by atoms with van der Waals surface area (Å²) in [4.78, 5) is 10.0. The highest BCUT2D eigenvalue weighted by Gasteiger charge is 2.41. The average Bonchev–Trinajstić information content (AvgIpc) is 2.03. The van der Waals surface area contributed by atoms with Crippen LogP contribution in [0.1, 0.15) is 0 Å². The van der Waals surface area contributed by atoms with Crippen LogP contribution in [-0.2, 0) is 9.53 Å². The van der Waals surface area contributed by atoms with E-state index in [1.807, 2.05) is 0 Å². The minimum absolute atomic E-state index is 0.738. The van der Waals surface area contributed by atoms with Crippen LogP contribution in [0.2, 0.25) is 0 Å². The third kappa shape index (κ3) is 4.38. The van der Waals surface area contributed by atoms with E-state index in [9.17, 15) is 22.4 Å². The zero-order valence-corrected chi connectivity index (χ0v) is 6.92. The molecule has 0 aliphatic heterocycles. The largest absolute Gasteiger partial charge is 0.480 e. The van der Waals surface area contributed by atoms with Gasteiger partial charge in [0.2, 0.25) is 0 Å². The van der Waals surface area contributed by atoms with Gasteiger partial charge < -0.3 is 15.6 Å². The molecule has 0 aliphatic carbocycles. The fourth-order valence-corrected chi connectivity index (χ4v) is 0.456. The SMILES string of the molecule is NC(COCC(F)(F)C(F)F)C(=O)O. The Labute approximate surface area is 76.6 Å². The molecule has 84 valence electrons. The molecule has 0 aromatic carbocycles. The molecule has 4 nitrogen and oxygen atoms in total. The molecule has 0 heterocycles. The fraction of sp³-hybridized carbons (Fsp3) is 0.833. The minimum Gasteiger partial charge on any atom is -0.480 e. The predicted octanol–water partition coefficient (Wildman–Crippen LogP) is 0.315. The molecule has 0 aromatic heterocycles. The van der Waals surface area contributed by atoms with E-state index in [-0.39, 0.29) is 0 Å². The molecule has 0 radical (unpaired) electrons. The lowest BCUT2D eigenvalue weighted by Crippen LogP contribution is -2.38. The maximum absolute atomic E-state index is 12.1. The van der Waals surface area contributed by atoms with Gasteiger partial charge >= 0.3 is 18.3 Å². The van der Waals surface area contributed by atoms with Crippen molar-refractivity contribution in [2.45, 2.75) is 18.4 Å². The van der Waals surface area contributed by atoms with E-state index in [0.29, 0.717) is 0 Å². The summed E-state index contributed by atoms with van der Waals surface area (Å²) in [5.74, 6) is -5.73. The molecule has 0 spiro atoms. The van der Waals surface area contributed by atoms with Crippen molar-refractivity contribution >= 4 is 5.97 Å². The van der Waals surface area contributed by atoms with Crippen LogP contribution in [0, 0.1) is 0 Å². The van der Waals surface area contributed by atoms with Gasteiger partial charge in [0.05, 0.1) is 6.61 Å². The van der Waals surface area contributed by atoms with Gasteiger partial charge in [-0.25, -0.2) is 8.78 Å². The molecule has 0 bridgehead atoms. The minimum atomic E-state index is -4.28. The number of carboxylic acids is 1. The second-order valence-corrected chi connectivity index (χ2v) is 2.52. The number of ether oxygens (including phenoxy) is 1. The van der Waals surface area contributed by atoms with Crippen molar-refractivity contribution in [1.29, 1.82) is 0 Å². The van der Waals surface area contributed by atoms with Crippen LogP contribution in [-0.4, -0.2) is 42.7 Å². The molecule has 0 saturated heterocycles. The van der Waals surface area contributed by atoms with Gasteiger partial charge in [-0.1, -0.05) is 0 Å². The van der Waals surface area contributed by atoms with Gasteiger partial charge in [0, 0.05) is 0 Å². The topological polar surface area (TPSA) is 72.5 Å². The smallest absolute Gasteiger partial charge is 0.330 e. The van der Waals surface area contributed by atoms with Gasteiger partial charge in [0.25, 0.3) is 0 Å². The predicted molar refractivity (Wildman–Crippen MR) is 37.4 cm³/mol. The van der Waals surface area contributed by atoms with Crippen molar-refractivity contribution in [3.05, 3.63) is 0 Å².